The van der Waals surface area contributed by atoms with E-state index in [1.165, 1.54) is 19.3 Å². The third-order valence-electron chi connectivity index (χ3n) is 2.20. The Bertz CT molecular complexity index is 124. The van der Waals surface area contributed by atoms with Gasteiger partial charge in [0.1, 0.15) is 5.60 Å². The SMILES string of the molecule is CC1(O[PH+]=O)CCCCC1.[Al]. The maximum absolute atomic E-state index is 10.2. The quantitative estimate of drug-likeness (QED) is 0.491. The van der Waals surface area contributed by atoms with Crippen LogP contribution in [0.1, 0.15) is 39.0 Å². The summed E-state index contributed by atoms with van der Waals surface area (Å²) in [4.78, 5) is 0. The molecule has 61 valence electrons. The van der Waals surface area contributed by atoms with E-state index in [1.807, 2.05) is 0 Å². The van der Waals surface area contributed by atoms with Crippen LogP contribution >= 0.6 is 8.69 Å². The van der Waals surface area contributed by atoms with Crippen LogP contribution < -0.4 is 0 Å². The summed E-state index contributed by atoms with van der Waals surface area (Å²) in [5.74, 6) is 0. The average molecular weight is 188 g/mol. The molecule has 0 N–H and O–H groups in total. The lowest BCUT2D eigenvalue weighted by Gasteiger charge is -2.26. The lowest BCUT2D eigenvalue weighted by atomic mass is 9.87. The highest BCUT2D eigenvalue weighted by atomic mass is 31.1. The molecule has 0 amide bonds. The van der Waals surface area contributed by atoms with Crippen LogP contribution in [-0.4, -0.2) is 23.0 Å². The van der Waals surface area contributed by atoms with Gasteiger partial charge in [0.25, 0.3) is 0 Å². The van der Waals surface area contributed by atoms with Gasteiger partial charge in [0.15, 0.2) is 0 Å². The Balaban J connectivity index is 0.000001000. The van der Waals surface area contributed by atoms with Crippen LogP contribution in [0.4, 0.5) is 0 Å². The molecule has 2 nitrogen and oxygen atoms in total. The van der Waals surface area contributed by atoms with Gasteiger partial charge in [0.2, 0.25) is 0 Å². The van der Waals surface area contributed by atoms with Gasteiger partial charge in [-0.1, -0.05) is 19.3 Å². The zero-order valence-electron chi connectivity index (χ0n) is 6.93. The van der Waals surface area contributed by atoms with Gasteiger partial charge in [-0.05, 0) is 24.3 Å². The fraction of sp³-hybridized carbons (Fsp3) is 1.00. The summed E-state index contributed by atoms with van der Waals surface area (Å²) in [6.45, 7) is 2.05. The van der Waals surface area contributed by atoms with E-state index < -0.39 is 8.69 Å². The molecular formula is C7H14AlO2P+. The zero-order chi connectivity index (χ0) is 7.45. The molecule has 1 rings (SSSR count). The first-order valence-electron chi connectivity index (χ1n) is 3.82. The van der Waals surface area contributed by atoms with Crippen molar-refractivity contribution >= 4 is 26.0 Å². The molecule has 1 unspecified atom stereocenters. The second-order valence-electron chi connectivity index (χ2n) is 3.20. The molecule has 11 heavy (non-hydrogen) atoms. The molecule has 0 saturated heterocycles. The van der Waals surface area contributed by atoms with Gasteiger partial charge in [-0.25, -0.2) is 0 Å². The minimum Gasteiger partial charge on any atom is -0.142 e. The third kappa shape index (κ3) is 3.67. The highest BCUT2D eigenvalue weighted by Crippen LogP contribution is 2.33. The Morgan fingerprint density at radius 2 is 1.82 bits per heavy atom. The summed E-state index contributed by atoms with van der Waals surface area (Å²) in [6, 6.07) is 0. The molecule has 0 spiro atoms. The molecule has 0 aromatic carbocycles. The monoisotopic (exact) mass is 188 g/mol. The smallest absolute Gasteiger partial charge is 0.142 e. The summed E-state index contributed by atoms with van der Waals surface area (Å²) in [6.07, 6.45) is 5.90. The molecule has 0 aliphatic heterocycles. The Hall–Kier alpha value is 0.592. The first kappa shape index (κ1) is 11.6. The predicted octanol–water partition coefficient (Wildman–Crippen LogP) is 2.28. The summed E-state index contributed by atoms with van der Waals surface area (Å²) >= 11 is 0. The Morgan fingerprint density at radius 3 is 2.27 bits per heavy atom. The second-order valence-corrected chi connectivity index (χ2v) is 3.57. The van der Waals surface area contributed by atoms with Crippen molar-refractivity contribution in [3.63, 3.8) is 0 Å². The number of rotatable bonds is 2. The zero-order valence-corrected chi connectivity index (χ0v) is 9.08. The minimum atomic E-state index is -0.590. The van der Waals surface area contributed by atoms with Crippen LogP contribution in [0.25, 0.3) is 0 Å². The van der Waals surface area contributed by atoms with Gasteiger partial charge < -0.3 is 0 Å². The van der Waals surface area contributed by atoms with Gasteiger partial charge in [-0.15, -0.1) is 4.52 Å². The highest BCUT2D eigenvalue weighted by molar-refractivity contribution is 7.17. The fourth-order valence-electron chi connectivity index (χ4n) is 1.50. The Labute approximate surface area is 80.1 Å². The normalized spacial score (nSPS) is 22.6. The van der Waals surface area contributed by atoms with E-state index in [0.29, 0.717) is 0 Å². The molecule has 1 saturated carbocycles. The molecular weight excluding hydrogens is 174 g/mol. The van der Waals surface area contributed by atoms with E-state index in [-0.39, 0.29) is 23.0 Å². The Kier molecular flexibility index (Phi) is 5.56. The minimum absolute atomic E-state index is 0. The highest BCUT2D eigenvalue weighted by Gasteiger charge is 2.31. The van der Waals surface area contributed by atoms with Gasteiger partial charge >= 0.3 is 8.69 Å². The molecule has 1 aliphatic carbocycles. The standard InChI is InChI=1S/C7H14O2P.Al/c1-7(9-10-8)5-3-2-4-6-7;/h10H,2-6H2,1H3;/q+1;. The van der Waals surface area contributed by atoms with Crippen molar-refractivity contribution in [2.24, 2.45) is 0 Å². The fourth-order valence-corrected chi connectivity index (χ4v) is 1.91. The molecule has 0 aromatic rings. The number of hydrogen-bond donors (Lipinski definition) is 0. The lowest BCUT2D eigenvalue weighted by Crippen LogP contribution is -2.27. The van der Waals surface area contributed by atoms with Crippen molar-refractivity contribution < 1.29 is 9.09 Å². The summed E-state index contributed by atoms with van der Waals surface area (Å²) in [5.41, 5.74) is -0.0710. The van der Waals surface area contributed by atoms with E-state index in [1.54, 1.807) is 0 Å². The van der Waals surface area contributed by atoms with Crippen molar-refractivity contribution in [1.82, 2.24) is 0 Å². The van der Waals surface area contributed by atoms with Crippen LogP contribution in [0.15, 0.2) is 0 Å². The first-order chi connectivity index (χ1) is 4.77. The van der Waals surface area contributed by atoms with Crippen LogP contribution in [-0.2, 0) is 9.09 Å². The summed E-state index contributed by atoms with van der Waals surface area (Å²) < 4.78 is 15.4. The molecule has 1 aliphatic rings. The molecule has 1 fully saturated rings. The molecule has 0 heterocycles. The van der Waals surface area contributed by atoms with Gasteiger partial charge in [0.05, 0.1) is 0 Å². The van der Waals surface area contributed by atoms with Gasteiger partial charge in [-0.2, -0.15) is 0 Å². The summed E-state index contributed by atoms with van der Waals surface area (Å²) in [5, 5.41) is 0. The van der Waals surface area contributed by atoms with Crippen molar-refractivity contribution in [1.29, 1.82) is 0 Å². The van der Waals surface area contributed by atoms with Crippen LogP contribution in [0.5, 0.6) is 0 Å². The molecule has 0 bridgehead atoms. The topological polar surface area (TPSA) is 26.3 Å². The van der Waals surface area contributed by atoms with E-state index in [9.17, 15) is 4.57 Å². The van der Waals surface area contributed by atoms with Crippen LogP contribution in [0, 0.1) is 0 Å². The second kappa shape index (κ2) is 5.28. The van der Waals surface area contributed by atoms with Crippen molar-refractivity contribution in [2.45, 2.75) is 44.6 Å². The van der Waals surface area contributed by atoms with Gasteiger partial charge in [-0.3, -0.25) is 0 Å². The number of hydrogen-bond acceptors (Lipinski definition) is 2. The van der Waals surface area contributed by atoms with E-state index in [4.69, 9.17) is 4.52 Å². The molecule has 1 atom stereocenters. The van der Waals surface area contributed by atoms with Crippen LogP contribution in [0.2, 0.25) is 0 Å². The van der Waals surface area contributed by atoms with Gasteiger partial charge in [0, 0.05) is 17.4 Å². The molecule has 3 radical (unpaired) electrons. The Morgan fingerprint density at radius 1 is 1.27 bits per heavy atom. The summed E-state index contributed by atoms with van der Waals surface area (Å²) in [7, 11) is -0.590. The molecule has 4 heteroatoms. The van der Waals surface area contributed by atoms with E-state index in [2.05, 4.69) is 6.92 Å². The average Bonchev–Trinajstić information content (AvgIpc) is 1.89. The largest absolute Gasteiger partial charge is 0.494 e. The maximum Gasteiger partial charge on any atom is 0.494 e. The lowest BCUT2D eigenvalue weighted by molar-refractivity contribution is 0.0627. The molecule has 0 aromatic heterocycles. The van der Waals surface area contributed by atoms with Crippen LogP contribution in [0.3, 0.4) is 0 Å². The third-order valence-corrected chi connectivity index (χ3v) is 2.78. The first-order valence-corrected chi connectivity index (χ1v) is 4.64. The van der Waals surface area contributed by atoms with Crippen molar-refractivity contribution in [3.05, 3.63) is 0 Å². The van der Waals surface area contributed by atoms with E-state index in [0.717, 1.165) is 12.8 Å². The predicted molar refractivity (Wildman–Crippen MR) is 47.3 cm³/mol. The maximum atomic E-state index is 10.2. The van der Waals surface area contributed by atoms with Crippen molar-refractivity contribution in [3.8, 4) is 0 Å². The van der Waals surface area contributed by atoms with Crippen molar-refractivity contribution in [2.75, 3.05) is 0 Å². The van der Waals surface area contributed by atoms with E-state index >= 15 is 0 Å².